The number of benzene rings is 3. The molecule has 0 fully saturated rings. The third kappa shape index (κ3) is 4.02. The molecule has 5 nitrogen and oxygen atoms in total. The molecular formula is C25H26N2O3. The summed E-state index contributed by atoms with van der Waals surface area (Å²) in [5.74, 6) is 0.468. The highest BCUT2D eigenvalue weighted by molar-refractivity contribution is 5.76. The van der Waals surface area contributed by atoms with E-state index in [1.807, 2.05) is 37.4 Å². The summed E-state index contributed by atoms with van der Waals surface area (Å²) in [4.78, 5) is 14.0. The van der Waals surface area contributed by atoms with Crippen molar-refractivity contribution in [2.45, 2.75) is 19.1 Å². The van der Waals surface area contributed by atoms with Crippen LogP contribution in [-0.2, 0) is 22.5 Å². The van der Waals surface area contributed by atoms with Gasteiger partial charge in [0.05, 0.1) is 25.8 Å². The Hall–Kier alpha value is -3.31. The van der Waals surface area contributed by atoms with Gasteiger partial charge in [0.1, 0.15) is 11.9 Å². The molecule has 0 amide bonds. The summed E-state index contributed by atoms with van der Waals surface area (Å²) in [5.41, 5.74) is 12.1. The molecular weight excluding hydrogens is 376 g/mol. The average molecular weight is 402 g/mol. The summed E-state index contributed by atoms with van der Waals surface area (Å²) in [6, 6.07) is 22.6. The molecule has 0 bridgehead atoms. The van der Waals surface area contributed by atoms with Gasteiger partial charge in [-0.15, -0.1) is 0 Å². The molecule has 0 spiro atoms. The Morgan fingerprint density at radius 3 is 2.60 bits per heavy atom. The van der Waals surface area contributed by atoms with Crippen LogP contribution in [0, 0.1) is 0 Å². The van der Waals surface area contributed by atoms with E-state index in [9.17, 15) is 4.79 Å². The number of nitrogens with two attached hydrogens (primary N) is 1. The van der Waals surface area contributed by atoms with Crippen LogP contribution >= 0.6 is 0 Å². The minimum Gasteiger partial charge on any atom is -0.481 e. The summed E-state index contributed by atoms with van der Waals surface area (Å²) in [7, 11) is 3.45. The van der Waals surface area contributed by atoms with E-state index in [4.69, 9.17) is 15.2 Å². The van der Waals surface area contributed by atoms with Gasteiger partial charge in [0.15, 0.2) is 0 Å². The minimum absolute atomic E-state index is 0.140. The molecule has 0 aliphatic carbocycles. The second-order valence-electron chi connectivity index (χ2n) is 7.54. The highest BCUT2D eigenvalue weighted by Gasteiger charge is 2.27. The van der Waals surface area contributed by atoms with E-state index in [1.54, 1.807) is 0 Å². The number of likely N-dealkylation sites (N-methyl/N-ethyl adjacent to an activating group) is 1. The van der Waals surface area contributed by atoms with Crippen LogP contribution in [0.25, 0.3) is 11.1 Å². The Labute approximate surface area is 177 Å². The van der Waals surface area contributed by atoms with Crippen LogP contribution in [0.5, 0.6) is 5.75 Å². The van der Waals surface area contributed by atoms with Crippen molar-refractivity contribution in [2.24, 2.45) is 5.73 Å². The van der Waals surface area contributed by atoms with Gasteiger partial charge >= 0.3 is 5.97 Å². The van der Waals surface area contributed by atoms with Crippen molar-refractivity contribution >= 4 is 11.7 Å². The fourth-order valence-corrected chi connectivity index (χ4v) is 3.87. The van der Waals surface area contributed by atoms with Crippen molar-refractivity contribution in [1.29, 1.82) is 0 Å². The molecule has 1 aliphatic rings. The van der Waals surface area contributed by atoms with E-state index in [0.717, 1.165) is 45.8 Å². The number of fused-ring (bicyclic) bond motifs is 1. The fraction of sp³-hybridized carbons (Fsp3) is 0.240. The quantitative estimate of drug-likeness (QED) is 0.651. The van der Waals surface area contributed by atoms with Crippen molar-refractivity contribution in [3.63, 3.8) is 0 Å². The maximum Gasteiger partial charge on any atom is 0.310 e. The summed E-state index contributed by atoms with van der Waals surface area (Å²) < 4.78 is 11.3. The lowest BCUT2D eigenvalue weighted by Crippen LogP contribution is -2.32. The van der Waals surface area contributed by atoms with Gasteiger partial charge < -0.3 is 20.1 Å². The van der Waals surface area contributed by atoms with E-state index in [0.29, 0.717) is 6.54 Å². The van der Waals surface area contributed by atoms with Crippen LogP contribution in [0.15, 0.2) is 66.7 Å². The normalized spacial score (nSPS) is 15.3. The second kappa shape index (κ2) is 8.59. The van der Waals surface area contributed by atoms with Crippen molar-refractivity contribution in [2.75, 3.05) is 25.6 Å². The van der Waals surface area contributed by atoms with Crippen molar-refractivity contribution < 1.29 is 14.3 Å². The second-order valence-corrected chi connectivity index (χ2v) is 7.54. The first-order valence-corrected chi connectivity index (χ1v) is 10.0. The van der Waals surface area contributed by atoms with Gasteiger partial charge in [-0.2, -0.15) is 0 Å². The Morgan fingerprint density at radius 1 is 1.10 bits per heavy atom. The van der Waals surface area contributed by atoms with Gasteiger partial charge in [-0.3, -0.25) is 4.79 Å². The Kier molecular flexibility index (Phi) is 5.72. The number of esters is 1. The van der Waals surface area contributed by atoms with E-state index in [-0.39, 0.29) is 18.5 Å². The van der Waals surface area contributed by atoms with Gasteiger partial charge in [0.25, 0.3) is 0 Å². The number of methoxy groups -OCH3 is 1. The van der Waals surface area contributed by atoms with E-state index in [2.05, 4.69) is 41.3 Å². The maximum absolute atomic E-state index is 11.9. The van der Waals surface area contributed by atoms with Gasteiger partial charge in [0, 0.05) is 19.2 Å². The number of carbonyl (C=O) groups is 1. The minimum atomic E-state index is -0.279. The highest BCUT2D eigenvalue weighted by Crippen LogP contribution is 2.40. The van der Waals surface area contributed by atoms with Crippen LogP contribution in [-0.4, -0.2) is 26.7 Å². The van der Waals surface area contributed by atoms with Gasteiger partial charge in [-0.1, -0.05) is 48.5 Å². The topological polar surface area (TPSA) is 64.8 Å². The van der Waals surface area contributed by atoms with Crippen LogP contribution in [0.2, 0.25) is 0 Å². The number of para-hydroxylation sites is 1. The molecule has 5 heteroatoms. The number of anilines is 1. The van der Waals surface area contributed by atoms with Crippen LogP contribution in [0.1, 0.15) is 22.8 Å². The number of rotatable bonds is 5. The van der Waals surface area contributed by atoms with Gasteiger partial charge in [0.2, 0.25) is 0 Å². The summed E-state index contributed by atoms with van der Waals surface area (Å²) >= 11 is 0. The zero-order valence-corrected chi connectivity index (χ0v) is 17.3. The molecule has 1 atom stereocenters. The molecule has 0 unspecified atom stereocenters. The van der Waals surface area contributed by atoms with Gasteiger partial charge in [-0.25, -0.2) is 0 Å². The smallest absolute Gasteiger partial charge is 0.310 e. The summed E-state index contributed by atoms with van der Waals surface area (Å²) in [6.07, 6.45) is 0.0468. The van der Waals surface area contributed by atoms with Crippen molar-refractivity contribution in [1.82, 2.24) is 0 Å². The SMILES string of the molecule is COC(=O)Cc1cccc2c1O[C@H](c1cccc(-c3cccc(CN)c3)c1)CN2C. The summed E-state index contributed by atoms with van der Waals surface area (Å²) in [6.45, 7) is 1.24. The monoisotopic (exact) mass is 402 g/mol. The lowest BCUT2D eigenvalue weighted by Gasteiger charge is -2.35. The van der Waals surface area contributed by atoms with E-state index >= 15 is 0 Å². The summed E-state index contributed by atoms with van der Waals surface area (Å²) in [5, 5.41) is 0. The molecule has 0 saturated carbocycles. The molecule has 0 radical (unpaired) electrons. The van der Waals surface area contributed by atoms with E-state index in [1.165, 1.54) is 7.11 Å². The molecule has 154 valence electrons. The predicted octanol–water partition coefficient (Wildman–Crippen LogP) is 4.10. The molecule has 0 saturated heterocycles. The first-order valence-electron chi connectivity index (χ1n) is 10.0. The molecule has 3 aromatic carbocycles. The first kappa shape index (κ1) is 20.0. The lowest BCUT2D eigenvalue weighted by molar-refractivity contribution is -0.139. The Balaban J connectivity index is 1.66. The van der Waals surface area contributed by atoms with Crippen LogP contribution < -0.4 is 15.4 Å². The molecule has 30 heavy (non-hydrogen) atoms. The van der Waals surface area contributed by atoms with Gasteiger partial charge in [-0.05, 0) is 40.5 Å². The molecule has 4 rings (SSSR count). The molecule has 1 heterocycles. The standard InChI is InChI=1S/C25H26N2O3/c1-27-16-23(30-25-21(14-24(28)29-2)10-5-11-22(25)27)20-9-4-8-19(13-20)18-7-3-6-17(12-18)15-26/h3-13,23H,14-16,26H2,1-2H3/t23-/m0/s1. The first-order chi connectivity index (χ1) is 14.6. The van der Waals surface area contributed by atoms with E-state index < -0.39 is 0 Å². The third-order valence-electron chi connectivity index (χ3n) is 5.50. The Bertz CT molecular complexity index is 1060. The number of nitrogens with zero attached hydrogens (tertiary/aromatic N) is 1. The largest absolute Gasteiger partial charge is 0.481 e. The van der Waals surface area contributed by atoms with Crippen LogP contribution in [0.3, 0.4) is 0 Å². The average Bonchev–Trinajstić information content (AvgIpc) is 2.79. The zero-order chi connectivity index (χ0) is 21.1. The van der Waals surface area contributed by atoms with Crippen LogP contribution in [0.4, 0.5) is 5.69 Å². The number of hydrogen-bond acceptors (Lipinski definition) is 5. The number of hydrogen-bond donors (Lipinski definition) is 1. The van der Waals surface area contributed by atoms with Crippen molar-refractivity contribution in [3.8, 4) is 16.9 Å². The Morgan fingerprint density at radius 2 is 1.83 bits per heavy atom. The number of ether oxygens (including phenoxy) is 2. The highest BCUT2D eigenvalue weighted by atomic mass is 16.5. The molecule has 0 aromatic heterocycles. The molecule has 2 N–H and O–H groups in total. The fourth-order valence-electron chi connectivity index (χ4n) is 3.87. The maximum atomic E-state index is 11.9. The predicted molar refractivity (Wildman–Crippen MR) is 119 cm³/mol. The van der Waals surface area contributed by atoms with Crippen molar-refractivity contribution in [3.05, 3.63) is 83.4 Å². The molecule has 3 aromatic rings. The number of carbonyl (C=O) groups excluding carboxylic acids is 1. The third-order valence-corrected chi connectivity index (χ3v) is 5.50. The molecule has 1 aliphatic heterocycles. The lowest BCUT2D eigenvalue weighted by atomic mass is 9.98. The zero-order valence-electron chi connectivity index (χ0n) is 17.3.